The minimum absolute atomic E-state index is 0.0825. The number of nitrogens with one attached hydrogen (secondary N) is 1. The van der Waals surface area contributed by atoms with E-state index in [9.17, 15) is 14.9 Å². The third-order valence-electron chi connectivity index (χ3n) is 6.47. The molecule has 2 aromatic carbocycles. The summed E-state index contributed by atoms with van der Waals surface area (Å²) in [4.78, 5) is 27.5. The number of nitrogens with zero attached hydrogens (tertiary/aromatic N) is 4. The van der Waals surface area contributed by atoms with Gasteiger partial charge in [0.15, 0.2) is 10.1 Å². The van der Waals surface area contributed by atoms with Gasteiger partial charge in [0.2, 0.25) is 11.0 Å². The molecule has 3 N–H and O–H groups in total. The van der Waals surface area contributed by atoms with Gasteiger partial charge in [0, 0.05) is 29.4 Å². The highest BCUT2D eigenvalue weighted by Crippen LogP contribution is 2.49. The van der Waals surface area contributed by atoms with Crippen molar-refractivity contribution in [3.8, 4) is 11.8 Å². The Kier molecular flexibility index (Phi) is 8.32. The molecule has 1 aliphatic heterocycles. The molecule has 2 aliphatic rings. The molecular weight excluding hydrogens is 591 g/mol. The number of allylic oxidation sites excluding steroid dienone is 3. The highest BCUT2D eigenvalue weighted by Gasteiger charge is 2.42. The van der Waals surface area contributed by atoms with Crippen molar-refractivity contribution in [2.24, 2.45) is 5.73 Å². The first-order chi connectivity index (χ1) is 19.3. The predicted octanol–water partition coefficient (Wildman–Crippen LogP) is 5.89. The number of Topliss-reactive ketones (excluding diaryl/α,β-unsaturated/α-hetero) is 1. The van der Waals surface area contributed by atoms with Gasteiger partial charge in [-0.2, -0.15) is 5.26 Å². The van der Waals surface area contributed by atoms with Gasteiger partial charge >= 0.3 is 0 Å². The summed E-state index contributed by atoms with van der Waals surface area (Å²) >= 11 is 15.3. The van der Waals surface area contributed by atoms with Crippen molar-refractivity contribution in [3.63, 3.8) is 0 Å². The molecule has 0 radical (unpaired) electrons. The zero-order valence-electron chi connectivity index (χ0n) is 21.1. The summed E-state index contributed by atoms with van der Waals surface area (Å²) in [6.07, 6.45) is 1.53. The van der Waals surface area contributed by atoms with Gasteiger partial charge in [-0.05, 0) is 36.6 Å². The van der Waals surface area contributed by atoms with Gasteiger partial charge in [0.1, 0.15) is 11.6 Å². The number of carbonyl (C=O) groups is 2. The van der Waals surface area contributed by atoms with E-state index in [1.807, 2.05) is 0 Å². The first-order valence-corrected chi connectivity index (χ1v) is 14.7. The Morgan fingerprint density at radius 2 is 2.08 bits per heavy atom. The summed E-state index contributed by atoms with van der Waals surface area (Å²) in [5.41, 5.74) is 9.07. The second-order valence-corrected chi connectivity index (χ2v) is 11.8. The van der Waals surface area contributed by atoms with Gasteiger partial charge in [-0.15, -0.1) is 10.2 Å². The molecule has 1 aliphatic carbocycles. The Bertz CT molecular complexity index is 1610. The van der Waals surface area contributed by atoms with E-state index in [1.165, 1.54) is 23.1 Å². The Morgan fingerprint density at radius 3 is 2.85 bits per heavy atom. The number of nitrogens with two attached hydrogens (primary N) is 1. The van der Waals surface area contributed by atoms with Crippen LogP contribution in [0.25, 0.3) is 0 Å². The van der Waals surface area contributed by atoms with Crippen LogP contribution in [0.15, 0.2) is 69.5 Å². The van der Waals surface area contributed by atoms with Crippen LogP contribution in [-0.4, -0.2) is 34.8 Å². The molecule has 0 spiro atoms. The maximum absolute atomic E-state index is 13.3. The Balaban J connectivity index is 1.42. The number of amides is 1. The third-order valence-corrected chi connectivity index (χ3v) is 9.35. The minimum Gasteiger partial charge on any atom is -0.497 e. The number of anilines is 2. The van der Waals surface area contributed by atoms with Crippen LogP contribution in [0.3, 0.4) is 0 Å². The molecule has 0 fully saturated rings. The van der Waals surface area contributed by atoms with Crippen molar-refractivity contribution < 1.29 is 14.3 Å². The summed E-state index contributed by atoms with van der Waals surface area (Å²) < 4.78 is 5.72. The number of ketones is 1. The van der Waals surface area contributed by atoms with E-state index in [-0.39, 0.29) is 33.9 Å². The van der Waals surface area contributed by atoms with Gasteiger partial charge in [-0.3, -0.25) is 14.5 Å². The van der Waals surface area contributed by atoms with E-state index in [4.69, 9.17) is 33.7 Å². The quantitative estimate of drug-likeness (QED) is 0.313. The second-order valence-electron chi connectivity index (χ2n) is 8.88. The summed E-state index contributed by atoms with van der Waals surface area (Å²) in [5.74, 6) is -0.151. The number of ether oxygens (including phenoxy) is 1. The summed E-state index contributed by atoms with van der Waals surface area (Å²) in [7, 11) is 1.56. The fraction of sp³-hybridized carbons (Fsp3) is 0.222. The molecule has 204 valence electrons. The number of rotatable bonds is 7. The first kappa shape index (κ1) is 28.0. The summed E-state index contributed by atoms with van der Waals surface area (Å²) in [6, 6.07) is 14.4. The minimum atomic E-state index is -0.739. The molecule has 1 unspecified atom stereocenters. The lowest BCUT2D eigenvalue weighted by Crippen LogP contribution is -2.38. The highest BCUT2D eigenvalue weighted by atomic mass is 35.5. The predicted molar refractivity (Wildman–Crippen MR) is 157 cm³/mol. The number of carbonyl (C=O) groups excluding carboxylic acids is 2. The number of halogens is 2. The highest BCUT2D eigenvalue weighted by molar-refractivity contribution is 8.01. The van der Waals surface area contributed by atoms with Crippen LogP contribution >= 0.6 is 46.3 Å². The maximum atomic E-state index is 13.3. The molecule has 1 atom stereocenters. The summed E-state index contributed by atoms with van der Waals surface area (Å²) in [5, 5.41) is 22.5. The Morgan fingerprint density at radius 1 is 1.27 bits per heavy atom. The largest absolute Gasteiger partial charge is 0.497 e. The molecule has 13 heteroatoms. The molecule has 2 heterocycles. The number of nitriles is 1. The van der Waals surface area contributed by atoms with Gasteiger partial charge < -0.3 is 15.8 Å². The molecule has 1 amide bonds. The van der Waals surface area contributed by atoms with Gasteiger partial charge in [0.05, 0.1) is 40.5 Å². The number of hydrogen-bond acceptors (Lipinski definition) is 10. The molecule has 1 aromatic heterocycles. The zero-order chi connectivity index (χ0) is 28.4. The molecule has 0 saturated heterocycles. The van der Waals surface area contributed by atoms with Crippen molar-refractivity contribution >= 4 is 68.8 Å². The van der Waals surface area contributed by atoms with Crippen molar-refractivity contribution in [2.75, 3.05) is 23.1 Å². The fourth-order valence-electron chi connectivity index (χ4n) is 4.74. The smallest absolute Gasteiger partial charge is 0.234 e. The van der Waals surface area contributed by atoms with Crippen LogP contribution in [0, 0.1) is 11.3 Å². The molecule has 0 bridgehead atoms. The molecule has 0 saturated carbocycles. The standard InChI is InChI=1S/C27H22Cl2N6O3S2/c1-38-15-6-2-5-14(11-15)32-21(37)13-39-27-34-33-26(40-27)35-19-9-4-10-20(36)23(19)22(17(12-30)25(35)31)16-7-3-8-18(28)24(16)29/h2-3,5-8,11,22H,4,9-10,13,31H2,1H3,(H,32,37). The van der Waals surface area contributed by atoms with Crippen molar-refractivity contribution in [2.45, 2.75) is 29.5 Å². The lowest BCUT2D eigenvalue weighted by atomic mass is 9.76. The third kappa shape index (κ3) is 5.40. The van der Waals surface area contributed by atoms with Crippen LogP contribution in [0.4, 0.5) is 10.8 Å². The van der Waals surface area contributed by atoms with E-state index in [2.05, 4.69) is 21.6 Å². The number of aromatic nitrogens is 2. The van der Waals surface area contributed by atoms with E-state index in [0.717, 1.165) is 0 Å². The van der Waals surface area contributed by atoms with Crippen LogP contribution < -0.4 is 20.7 Å². The van der Waals surface area contributed by atoms with Gasteiger partial charge in [-0.1, -0.05) is 64.5 Å². The zero-order valence-corrected chi connectivity index (χ0v) is 24.3. The van der Waals surface area contributed by atoms with Crippen molar-refractivity contribution in [1.82, 2.24) is 10.2 Å². The average Bonchev–Trinajstić information content (AvgIpc) is 3.41. The van der Waals surface area contributed by atoms with Gasteiger partial charge in [-0.25, -0.2) is 0 Å². The molecular formula is C27H22Cl2N6O3S2. The van der Waals surface area contributed by atoms with Crippen molar-refractivity contribution in [3.05, 3.63) is 80.7 Å². The first-order valence-electron chi connectivity index (χ1n) is 12.1. The number of benzene rings is 2. The van der Waals surface area contributed by atoms with Crippen LogP contribution in [0.1, 0.15) is 30.7 Å². The Hall–Kier alpha value is -3.56. The van der Waals surface area contributed by atoms with Crippen LogP contribution in [0.2, 0.25) is 10.0 Å². The number of hydrogen-bond donors (Lipinski definition) is 2. The Labute approximate surface area is 248 Å². The van der Waals surface area contributed by atoms with E-state index in [1.54, 1.807) is 54.5 Å². The normalized spacial score (nSPS) is 17.0. The SMILES string of the molecule is COc1cccc(NC(=O)CSc2nnc(N3C(N)=C(C#N)C(c4cccc(Cl)c4Cl)C4=C3CCCC4=O)s2)c1. The molecule has 9 nitrogen and oxygen atoms in total. The van der Waals surface area contributed by atoms with Gasteiger partial charge in [0.25, 0.3) is 0 Å². The second kappa shape index (κ2) is 11.9. The lowest BCUT2D eigenvalue weighted by molar-refractivity contribution is -0.116. The maximum Gasteiger partial charge on any atom is 0.234 e. The lowest BCUT2D eigenvalue weighted by Gasteiger charge is -2.38. The van der Waals surface area contributed by atoms with Crippen molar-refractivity contribution in [1.29, 1.82) is 5.26 Å². The van der Waals surface area contributed by atoms with E-state index >= 15 is 0 Å². The number of thioether (sulfide) groups is 1. The molecule has 3 aromatic rings. The van der Waals surface area contributed by atoms with Crippen LogP contribution in [0.5, 0.6) is 5.75 Å². The summed E-state index contributed by atoms with van der Waals surface area (Å²) in [6.45, 7) is 0. The van der Waals surface area contributed by atoms with E-state index in [0.29, 0.717) is 62.0 Å². The van der Waals surface area contributed by atoms with E-state index < -0.39 is 5.92 Å². The monoisotopic (exact) mass is 612 g/mol. The number of methoxy groups -OCH3 is 1. The van der Waals surface area contributed by atoms with Crippen LogP contribution in [-0.2, 0) is 9.59 Å². The molecule has 5 rings (SSSR count). The topological polar surface area (TPSA) is 134 Å². The molecule has 40 heavy (non-hydrogen) atoms. The fourth-order valence-corrected chi connectivity index (χ4v) is 6.83. The average molecular weight is 614 g/mol.